The summed E-state index contributed by atoms with van der Waals surface area (Å²) in [5, 5.41) is 11.8. The summed E-state index contributed by atoms with van der Waals surface area (Å²) in [6.07, 6.45) is 0. The Balaban J connectivity index is 1.63. The highest BCUT2D eigenvalue weighted by Gasteiger charge is 2.23. The lowest BCUT2D eigenvalue weighted by molar-refractivity contribution is -0.385. The predicted octanol–water partition coefficient (Wildman–Crippen LogP) is 4.73. The van der Waals surface area contributed by atoms with Crippen molar-refractivity contribution in [3.63, 3.8) is 0 Å². The van der Waals surface area contributed by atoms with Gasteiger partial charge in [-0.05, 0) is 24.3 Å². The second-order valence-electron chi connectivity index (χ2n) is 7.40. The van der Waals surface area contributed by atoms with Gasteiger partial charge in [0.05, 0.1) is 28.1 Å². The second kappa shape index (κ2) is 8.84. The first-order valence-corrected chi connectivity index (χ1v) is 11.0. The predicted molar refractivity (Wildman–Crippen MR) is 120 cm³/mol. The number of rotatable bonds is 5. The fraction of sp³-hybridized carbons (Fsp3) is 0.130. The molecule has 172 valence electrons. The van der Waals surface area contributed by atoms with Gasteiger partial charge in [-0.3, -0.25) is 19.5 Å². The van der Waals surface area contributed by atoms with E-state index in [0.29, 0.717) is 28.5 Å². The van der Waals surface area contributed by atoms with Crippen LogP contribution in [0.15, 0.2) is 64.5 Å². The number of ether oxygens (including phenoxy) is 2. The van der Waals surface area contributed by atoms with E-state index in [1.807, 2.05) is 0 Å². The van der Waals surface area contributed by atoms with E-state index in [4.69, 9.17) is 9.47 Å². The topological polar surface area (TPSA) is 96.5 Å². The summed E-state index contributed by atoms with van der Waals surface area (Å²) in [5.74, 6) is -1.10. The van der Waals surface area contributed by atoms with Gasteiger partial charge in [-0.25, -0.2) is 13.8 Å². The largest absolute Gasteiger partial charge is 0.467 e. The minimum atomic E-state index is -0.922. The van der Waals surface area contributed by atoms with Crippen LogP contribution in [0, 0.1) is 21.7 Å². The molecule has 8 nitrogen and oxygen atoms in total. The Morgan fingerprint density at radius 3 is 2.76 bits per heavy atom. The molecular weight excluding hydrogens is 468 g/mol. The molecular formula is C23H15F2N3O5S. The summed E-state index contributed by atoms with van der Waals surface area (Å²) in [7, 11) is 0. The number of fused-ring (bicyclic) bond motifs is 2. The summed E-state index contributed by atoms with van der Waals surface area (Å²) in [4.78, 5) is 28.7. The minimum Gasteiger partial charge on any atom is -0.467 e. The fourth-order valence-electron chi connectivity index (χ4n) is 3.72. The number of benzene rings is 3. The summed E-state index contributed by atoms with van der Waals surface area (Å²) in [5.41, 5.74) is 0.633. The number of thioether (sulfide) groups is 1. The first-order valence-electron chi connectivity index (χ1n) is 10.0. The van der Waals surface area contributed by atoms with Crippen molar-refractivity contribution in [2.24, 2.45) is 0 Å². The number of halogens is 2. The van der Waals surface area contributed by atoms with Crippen molar-refractivity contribution in [1.29, 1.82) is 0 Å². The highest BCUT2D eigenvalue weighted by Crippen LogP contribution is 2.36. The van der Waals surface area contributed by atoms with Crippen LogP contribution >= 0.6 is 11.8 Å². The molecule has 1 aromatic heterocycles. The van der Waals surface area contributed by atoms with Crippen molar-refractivity contribution in [2.75, 3.05) is 6.79 Å². The molecule has 1 aliphatic rings. The highest BCUT2D eigenvalue weighted by atomic mass is 32.2. The van der Waals surface area contributed by atoms with E-state index in [0.717, 1.165) is 22.4 Å². The molecule has 3 aromatic carbocycles. The lowest BCUT2D eigenvalue weighted by atomic mass is 10.1. The van der Waals surface area contributed by atoms with Gasteiger partial charge in [-0.1, -0.05) is 23.9 Å². The summed E-state index contributed by atoms with van der Waals surface area (Å²) >= 11 is 1.08. The molecule has 0 unspecified atom stereocenters. The molecule has 11 heteroatoms. The summed E-state index contributed by atoms with van der Waals surface area (Å²) in [6.45, 7) is 0.163. The number of hydrogen-bond donors (Lipinski definition) is 0. The van der Waals surface area contributed by atoms with E-state index in [1.54, 1.807) is 24.3 Å². The molecule has 0 saturated heterocycles. The van der Waals surface area contributed by atoms with Crippen LogP contribution in [0.25, 0.3) is 16.6 Å². The van der Waals surface area contributed by atoms with Gasteiger partial charge in [0.25, 0.3) is 11.2 Å². The van der Waals surface area contributed by atoms with E-state index in [9.17, 15) is 23.7 Å². The average molecular weight is 483 g/mol. The Hall–Kier alpha value is -3.83. The molecule has 34 heavy (non-hydrogen) atoms. The standard InChI is InChI=1S/C23H15F2N3O5S/c24-15-5-6-20(18(25)9-15)27-22(29)17-3-1-2-4-19(17)26-23(27)34-11-14-8-16(28(30)31)7-13-10-32-12-33-21(13)14/h1-9H,10-12H2. The number of nitro benzene ring substituents is 1. The van der Waals surface area contributed by atoms with Crippen LogP contribution in [-0.2, 0) is 17.1 Å². The Labute approximate surface area is 194 Å². The van der Waals surface area contributed by atoms with E-state index in [2.05, 4.69) is 4.98 Å². The molecule has 0 atom stereocenters. The number of aromatic nitrogens is 2. The number of non-ortho nitro benzene ring substituents is 1. The molecule has 0 aliphatic carbocycles. The first kappa shape index (κ1) is 22.0. The van der Waals surface area contributed by atoms with Crippen molar-refractivity contribution in [3.05, 3.63) is 97.8 Å². The quantitative estimate of drug-likeness (QED) is 0.175. The third-order valence-electron chi connectivity index (χ3n) is 5.23. The number of nitro groups is 1. The van der Waals surface area contributed by atoms with Crippen molar-refractivity contribution < 1.29 is 23.2 Å². The van der Waals surface area contributed by atoms with Crippen LogP contribution in [0.1, 0.15) is 11.1 Å². The molecule has 0 radical (unpaired) electrons. The van der Waals surface area contributed by atoms with Crippen molar-refractivity contribution in [1.82, 2.24) is 9.55 Å². The zero-order chi connectivity index (χ0) is 23.8. The van der Waals surface area contributed by atoms with Crippen LogP contribution in [0.3, 0.4) is 0 Å². The van der Waals surface area contributed by atoms with Crippen molar-refractivity contribution in [3.8, 4) is 11.4 Å². The molecule has 0 amide bonds. The maximum atomic E-state index is 14.7. The molecule has 0 N–H and O–H groups in total. The monoisotopic (exact) mass is 483 g/mol. The molecule has 0 fully saturated rings. The smallest absolute Gasteiger partial charge is 0.270 e. The fourth-order valence-corrected chi connectivity index (χ4v) is 4.69. The lowest BCUT2D eigenvalue weighted by Crippen LogP contribution is -2.22. The average Bonchev–Trinajstić information content (AvgIpc) is 2.83. The Bertz CT molecular complexity index is 1510. The van der Waals surface area contributed by atoms with E-state index in [-0.39, 0.29) is 41.1 Å². The van der Waals surface area contributed by atoms with Crippen LogP contribution < -0.4 is 10.3 Å². The van der Waals surface area contributed by atoms with Gasteiger partial charge in [0.2, 0.25) is 0 Å². The number of para-hydroxylation sites is 1. The third kappa shape index (κ3) is 3.99. The maximum absolute atomic E-state index is 14.7. The molecule has 5 rings (SSSR count). The van der Waals surface area contributed by atoms with Gasteiger partial charge >= 0.3 is 0 Å². The van der Waals surface area contributed by atoms with Crippen LogP contribution in [-0.4, -0.2) is 21.3 Å². The molecule has 0 saturated carbocycles. The molecule has 1 aliphatic heterocycles. The lowest BCUT2D eigenvalue weighted by Gasteiger charge is -2.20. The van der Waals surface area contributed by atoms with E-state index < -0.39 is 22.1 Å². The molecule has 0 bridgehead atoms. The zero-order valence-electron chi connectivity index (χ0n) is 17.4. The van der Waals surface area contributed by atoms with Gasteiger partial charge in [-0.2, -0.15) is 0 Å². The van der Waals surface area contributed by atoms with Gasteiger partial charge in [0, 0.05) is 35.1 Å². The SMILES string of the molecule is O=c1c2ccccc2nc(SCc2cc([N+](=O)[O-])cc3c2OCOC3)n1-c1ccc(F)cc1F. The van der Waals surface area contributed by atoms with Gasteiger partial charge in [0.15, 0.2) is 11.9 Å². The van der Waals surface area contributed by atoms with Crippen molar-refractivity contribution >= 4 is 28.4 Å². The normalized spacial score (nSPS) is 12.9. The van der Waals surface area contributed by atoms with Crippen molar-refractivity contribution in [2.45, 2.75) is 17.5 Å². The third-order valence-corrected chi connectivity index (χ3v) is 6.22. The summed E-state index contributed by atoms with van der Waals surface area (Å²) < 4.78 is 40.1. The molecule has 0 spiro atoms. The Morgan fingerprint density at radius 1 is 1.15 bits per heavy atom. The van der Waals surface area contributed by atoms with Crippen LogP contribution in [0.5, 0.6) is 5.75 Å². The molecule has 2 heterocycles. The highest BCUT2D eigenvalue weighted by molar-refractivity contribution is 7.98. The summed E-state index contributed by atoms with van der Waals surface area (Å²) in [6, 6.07) is 12.3. The van der Waals surface area contributed by atoms with Crippen LogP contribution in [0.2, 0.25) is 0 Å². The maximum Gasteiger partial charge on any atom is 0.270 e. The Morgan fingerprint density at radius 2 is 1.97 bits per heavy atom. The Kier molecular flexibility index (Phi) is 5.72. The number of hydrogen-bond acceptors (Lipinski definition) is 7. The first-order chi connectivity index (χ1) is 16.4. The van der Waals surface area contributed by atoms with E-state index in [1.165, 1.54) is 18.2 Å². The van der Waals surface area contributed by atoms with Gasteiger partial charge in [-0.15, -0.1) is 0 Å². The zero-order valence-corrected chi connectivity index (χ0v) is 18.2. The second-order valence-corrected chi connectivity index (χ2v) is 8.34. The number of nitrogens with zero attached hydrogens (tertiary/aromatic N) is 3. The van der Waals surface area contributed by atoms with Gasteiger partial charge in [0.1, 0.15) is 17.4 Å². The van der Waals surface area contributed by atoms with E-state index >= 15 is 0 Å². The van der Waals surface area contributed by atoms with Gasteiger partial charge < -0.3 is 9.47 Å². The molecule has 4 aromatic rings. The minimum absolute atomic E-state index is 0.00218. The van der Waals surface area contributed by atoms with Crippen LogP contribution in [0.4, 0.5) is 14.5 Å².